The van der Waals surface area contributed by atoms with E-state index >= 15 is 0 Å². The number of fused-ring (bicyclic) bond motifs is 1. The largest absolute Gasteiger partial charge is 0.476 e. The number of halogens is 1. The number of hydrogen-bond donors (Lipinski definition) is 2. The van der Waals surface area contributed by atoms with E-state index in [1.54, 1.807) is 11.3 Å². The molecule has 0 radical (unpaired) electrons. The zero-order valence-electron chi connectivity index (χ0n) is 8.98. The Morgan fingerprint density at radius 3 is 2.89 bits per heavy atom. The van der Waals surface area contributed by atoms with Crippen LogP contribution in [-0.4, -0.2) is 21.3 Å². The maximum atomic E-state index is 10.8. The molecule has 0 atom stereocenters. The smallest absolute Gasteiger partial charge is 0.356 e. The van der Waals surface area contributed by atoms with Crippen molar-refractivity contribution in [2.75, 3.05) is 0 Å². The van der Waals surface area contributed by atoms with Gasteiger partial charge in [0.2, 0.25) is 0 Å². The van der Waals surface area contributed by atoms with Crippen molar-refractivity contribution >= 4 is 39.0 Å². The average molecular weight is 279 g/mol. The fourth-order valence-corrected chi connectivity index (χ4v) is 2.89. The molecule has 3 rings (SSSR count). The molecule has 90 valence electrons. The Balaban J connectivity index is 2.10. The molecule has 0 aliphatic carbocycles. The second kappa shape index (κ2) is 4.12. The quantitative estimate of drug-likeness (QED) is 0.752. The van der Waals surface area contributed by atoms with E-state index in [1.165, 1.54) is 6.07 Å². The molecule has 0 aliphatic heterocycles. The first-order valence-electron chi connectivity index (χ1n) is 5.11. The lowest BCUT2D eigenvalue weighted by molar-refractivity contribution is 0.0690. The first-order chi connectivity index (χ1) is 8.63. The highest BCUT2D eigenvalue weighted by Crippen LogP contribution is 2.33. The minimum atomic E-state index is -1.04. The van der Waals surface area contributed by atoms with E-state index in [0.717, 1.165) is 15.0 Å². The van der Waals surface area contributed by atoms with Crippen molar-refractivity contribution in [3.05, 3.63) is 41.0 Å². The number of nitrogens with one attached hydrogen (secondary N) is 1. The van der Waals surface area contributed by atoms with Crippen LogP contribution >= 0.6 is 22.9 Å². The van der Waals surface area contributed by atoms with Crippen molar-refractivity contribution in [2.45, 2.75) is 0 Å². The predicted octanol–water partition coefficient (Wildman–Crippen LogP) is 3.64. The van der Waals surface area contributed by atoms with Gasteiger partial charge in [-0.05, 0) is 35.7 Å². The lowest BCUT2D eigenvalue weighted by Gasteiger charge is -1.87. The summed E-state index contributed by atoms with van der Waals surface area (Å²) in [7, 11) is 0. The van der Waals surface area contributed by atoms with Gasteiger partial charge in [0.25, 0.3) is 0 Å². The molecule has 4 nitrogen and oxygen atoms in total. The van der Waals surface area contributed by atoms with E-state index in [0.29, 0.717) is 10.7 Å². The van der Waals surface area contributed by atoms with Crippen LogP contribution in [0, 0.1) is 0 Å². The van der Waals surface area contributed by atoms with Crippen LogP contribution in [0.25, 0.3) is 20.7 Å². The number of rotatable bonds is 2. The molecule has 2 aromatic heterocycles. The zero-order valence-corrected chi connectivity index (χ0v) is 10.5. The van der Waals surface area contributed by atoms with Crippen LogP contribution in [-0.2, 0) is 0 Å². The second-order valence-corrected chi connectivity index (χ2v) is 5.29. The third kappa shape index (κ3) is 1.87. The van der Waals surface area contributed by atoms with Crippen LogP contribution in [0.4, 0.5) is 0 Å². The Kier molecular flexibility index (Phi) is 2.57. The summed E-state index contributed by atoms with van der Waals surface area (Å²) >= 11 is 7.49. The number of hydrogen-bond acceptors (Lipinski definition) is 3. The van der Waals surface area contributed by atoms with Gasteiger partial charge in [0.1, 0.15) is 0 Å². The molecule has 0 bridgehead atoms. The van der Waals surface area contributed by atoms with Crippen molar-refractivity contribution in [1.29, 1.82) is 0 Å². The lowest BCUT2D eigenvalue weighted by Crippen LogP contribution is -1.95. The van der Waals surface area contributed by atoms with Crippen molar-refractivity contribution in [3.8, 4) is 10.6 Å². The van der Waals surface area contributed by atoms with Gasteiger partial charge in [0, 0.05) is 9.72 Å². The maximum Gasteiger partial charge on any atom is 0.356 e. The Hall–Kier alpha value is -1.85. The molecule has 1 aromatic carbocycles. The van der Waals surface area contributed by atoms with Gasteiger partial charge in [0.05, 0.1) is 10.6 Å². The molecular formula is C12H7ClN2O2S. The molecule has 0 amide bonds. The summed E-state index contributed by atoms with van der Waals surface area (Å²) in [5.41, 5.74) is 0.713. The number of benzene rings is 1. The van der Waals surface area contributed by atoms with Gasteiger partial charge in [0.15, 0.2) is 5.69 Å². The molecular weight excluding hydrogens is 272 g/mol. The van der Waals surface area contributed by atoms with E-state index in [9.17, 15) is 4.79 Å². The minimum absolute atomic E-state index is 0.0143. The van der Waals surface area contributed by atoms with Gasteiger partial charge >= 0.3 is 5.97 Å². The highest BCUT2D eigenvalue weighted by molar-refractivity contribution is 7.22. The Morgan fingerprint density at radius 1 is 1.33 bits per heavy atom. The topological polar surface area (TPSA) is 66.0 Å². The van der Waals surface area contributed by atoms with Crippen LogP contribution in [0.2, 0.25) is 5.02 Å². The molecule has 0 saturated carbocycles. The Morgan fingerprint density at radius 2 is 2.17 bits per heavy atom. The second-order valence-electron chi connectivity index (χ2n) is 3.76. The number of aromatic nitrogens is 2. The highest BCUT2D eigenvalue weighted by Gasteiger charge is 2.11. The minimum Gasteiger partial charge on any atom is -0.476 e. The number of carboxylic acids is 1. The normalized spacial score (nSPS) is 10.9. The lowest BCUT2D eigenvalue weighted by atomic mass is 10.2. The Bertz CT molecular complexity index is 747. The average Bonchev–Trinajstić information content (AvgIpc) is 2.93. The number of aromatic amines is 1. The summed E-state index contributed by atoms with van der Waals surface area (Å²) in [5.74, 6) is -1.04. The molecule has 2 N–H and O–H groups in total. The van der Waals surface area contributed by atoms with Crippen LogP contribution in [0.5, 0.6) is 0 Å². The first-order valence-corrected chi connectivity index (χ1v) is 6.31. The highest BCUT2D eigenvalue weighted by atomic mass is 35.5. The number of thiophene rings is 1. The number of carbonyl (C=O) groups is 1. The Labute approximate surface area is 111 Å². The van der Waals surface area contributed by atoms with Crippen LogP contribution in [0.1, 0.15) is 10.5 Å². The maximum absolute atomic E-state index is 10.8. The molecule has 0 spiro atoms. The molecule has 0 saturated heterocycles. The third-order valence-corrected chi connectivity index (χ3v) is 3.93. The monoisotopic (exact) mass is 278 g/mol. The van der Waals surface area contributed by atoms with Gasteiger partial charge in [-0.1, -0.05) is 11.6 Å². The molecule has 6 heteroatoms. The summed E-state index contributed by atoms with van der Waals surface area (Å²) in [5, 5.41) is 17.0. The summed E-state index contributed by atoms with van der Waals surface area (Å²) < 4.78 is 1.10. The van der Waals surface area contributed by atoms with E-state index in [1.807, 2.05) is 24.3 Å². The van der Waals surface area contributed by atoms with Crippen LogP contribution in [0.3, 0.4) is 0 Å². The van der Waals surface area contributed by atoms with Gasteiger partial charge < -0.3 is 5.11 Å². The molecule has 0 aliphatic rings. The summed E-state index contributed by atoms with van der Waals surface area (Å²) in [6.07, 6.45) is 0. The van der Waals surface area contributed by atoms with E-state index in [2.05, 4.69) is 10.2 Å². The molecule has 0 fully saturated rings. The summed E-state index contributed by atoms with van der Waals surface area (Å²) in [6, 6.07) is 9.14. The van der Waals surface area contributed by atoms with Gasteiger partial charge in [-0.3, -0.25) is 5.10 Å². The fraction of sp³-hybridized carbons (Fsp3) is 0. The molecule has 0 unspecified atom stereocenters. The van der Waals surface area contributed by atoms with Crippen LogP contribution < -0.4 is 0 Å². The van der Waals surface area contributed by atoms with Gasteiger partial charge in [-0.2, -0.15) is 5.10 Å². The summed E-state index contributed by atoms with van der Waals surface area (Å²) in [4.78, 5) is 11.7. The SMILES string of the molecule is O=C(O)c1cc(-c2cc3cc(Cl)ccc3s2)[nH]n1. The first kappa shape index (κ1) is 11.3. The van der Waals surface area contributed by atoms with Gasteiger partial charge in [-0.15, -0.1) is 11.3 Å². The zero-order chi connectivity index (χ0) is 12.7. The number of aromatic carboxylic acids is 1. The third-order valence-electron chi connectivity index (χ3n) is 2.54. The number of carboxylic acid groups (broad SMARTS) is 1. The van der Waals surface area contributed by atoms with Crippen molar-refractivity contribution in [1.82, 2.24) is 10.2 Å². The van der Waals surface area contributed by atoms with E-state index in [-0.39, 0.29) is 5.69 Å². The predicted molar refractivity (Wildman–Crippen MR) is 71.4 cm³/mol. The van der Waals surface area contributed by atoms with Crippen LogP contribution in [0.15, 0.2) is 30.3 Å². The van der Waals surface area contributed by atoms with Crippen molar-refractivity contribution in [3.63, 3.8) is 0 Å². The standard InChI is InChI=1S/C12H7ClN2O2S/c13-7-1-2-10-6(3-7)4-11(18-10)8-5-9(12(16)17)15-14-8/h1-5H,(H,14,15)(H,16,17). The molecule has 3 aromatic rings. The van der Waals surface area contributed by atoms with Crippen molar-refractivity contribution in [2.24, 2.45) is 0 Å². The van der Waals surface area contributed by atoms with E-state index in [4.69, 9.17) is 16.7 Å². The van der Waals surface area contributed by atoms with Crippen molar-refractivity contribution < 1.29 is 9.90 Å². The molecule has 18 heavy (non-hydrogen) atoms. The molecule has 2 heterocycles. The number of nitrogens with zero attached hydrogens (tertiary/aromatic N) is 1. The van der Waals surface area contributed by atoms with Gasteiger partial charge in [-0.25, -0.2) is 4.79 Å². The summed E-state index contributed by atoms with van der Waals surface area (Å²) in [6.45, 7) is 0. The fourth-order valence-electron chi connectivity index (χ4n) is 1.70. The van der Waals surface area contributed by atoms with E-state index < -0.39 is 5.97 Å². The number of H-pyrrole nitrogens is 1.